The highest BCUT2D eigenvalue weighted by molar-refractivity contribution is 5.94. The molecule has 0 spiro atoms. The molecule has 2 rings (SSSR count). The minimum Gasteiger partial charge on any atom is -0.348 e. The molecule has 0 saturated heterocycles. The van der Waals surface area contributed by atoms with Gasteiger partial charge in [-0.1, -0.05) is 26.0 Å². The van der Waals surface area contributed by atoms with Gasteiger partial charge in [0.05, 0.1) is 5.56 Å². The van der Waals surface area contributed by atoms with E-state index in [0.717, 1.165) is 36.2 Å². The molecule has 0 aromatic heterocycles. The number of halogens is 3. The lowest BCUT2D eigenvalue weighted by atomic mass is 10.1. The third kappa shape index (κ3) is 5.84. The van der Waals surface area contributed by atoms with Crippen molar-refractivity contribution in [2.75, 3.05) is 5.32 Å². The van der Waals surface area contributed by atoms with E-state index in [4.69, 9.17) is 0 Å². The molecule has 1 atom stereocenters. The zero-order chi connectivity index (χ0) is 20.0. The molecule has 0 aliphatic rings. The molecule has 2 aromatic rings. The van der Waals surface area contributed by atoms with E-state index in [-0.39, 0.29) is 23.9 Å². The Kier molecular flexibility index (Phi) is 6.60. The predicted octanol–water partition coefficient (Wildman–Crippen LogP) is 4.62. The molecule has 144 valence electrons. The summed E-state index contributed by atoms with van der Waals surface area (Å²) in [6.07, 6.45) is -3.70. The second kappa shape index (κ2) is 8.70. The van der Waals surface area contributed by atoms with Crippen molar-refractivity contribution < 1.29 is 22.8 Å². The normalized spacial score (nSPS) is 12.3. The summed E-state index contributed by atoms with van der Waals surface area (Å²) in [6, 6.07) is 11.1. The molecule has 27 heavy (non-hydrogen) atoms. The van der Waals surface area contributed by atoms with Gasteiger partial charge in [0.15, 0.2) is 0 Å². The lowest BCUT2D eigenvalue weighted by Crippen LogP contribution is -2.23. The summed E-state index contributed by atoms with van der Waals surface area (Å²) in [6.45, 7) is 3.95. The van der Waals surface area contributed by atoms with Gasteiger partial charge in [-0.3, -0.25) is 9.59 Å². The average Bonchev–Trinajstić information content (AvgIpc) is 2.65. The van der Waals surface area contributed by atoms with Crippen LogP contribution in [-0.2, 0) is 17.5 Å². The maximum atomic E-state index is 12.6. The molecule has 0 saturated carbocycles. The number of carbonyl (C=O) groups excluding carboxylic acids is 2. The lowest BCUT2D eigenvalue weighted by molar-refractivity contribution is -0.137. The molecule has 0 aliphatic carbocycles. The number of alkyl halides is 3. The fourth-order valence-electron chi connectivity index (χ4n) is 2.30. The predicted molar refractivity (Wildman–Crippen MR) is 97.1 cm³/mol. The molecule has 0 aliphatic heterocycles. The molecule has 7 heteroatoms. The van der Waals surface area contributed by atoms with Crippen molar-refractivity contribution >= 4 is 17.5 Å². The van der Waals surface area contributed by atoms with E-state index in [1.54, 1.807) is 24.3 Å². The smallest absolute Gasteiger partial charge is 0.348 e. The average molecular weight is 378 g/mol. The van der Waals surface area contributed by atoms with Crippen molar-refractivity contribution in [3.05, 3.63) is 65.2 Å². The molecule has 2 aromatic carbocycles. The van der Waals surface area contributed by atoms with Crippen LogP contribution in [0, 0.1) is 5.92 Å². The van der Waals surface area contributed by atoms with Crippen molar-refractivity contribution in [1.29, 1.82) is 0 Å². The van der Waals surface area contributed by atoms with Gasteiger partial charge in [0.25, 0.3) is 5.91 Å². The molecule has 0 radical (unpaired) electrons. The van der Waals surface area contributed by atoms with E-state index < -0.39 is 17.6 Å². The van der Waals surface area contributed by atoms with E-state index in [9.17, 15) is 22.8 Å². The van der Waals surface area contributed by atoms with Crippen LogP contribution in [0.1, 0.15) is 41.8 Å². The summed E-state index contributed by atoms with van der Waals surface area (Å²) in [4.78, 5) is 24.1. The van der Waals surface area contributed by atoms with Gasteiger partial charge in [0.2, 0.25) is 5.91 Å². The first-order valence-corrected chi connectivity index (χ1v) is 8.56. The Morgan fingerprint density at radius 3 is 2.33 bits per heavy atom. The molecule has 0 bridgehead atoms. The van der Waals surface area contributed by atoms with Crippen LogP contribution in [0.3, 0.4) is 0 Å². The van der Waals surface area contributed by atoms with Crippen molar-refractivity contribution in [1.82, 2.24) is 5.32 Å². The van der Waals surface area contributed by atoms with Gasteiger partial charge in [-0.2, -0.15) is 13.2 Å². The van der Waals surface area contributed by atoms with Gasteiger partial charge in [-0.05, 0) is 48.4 Å². The minimum atomic E-state index is -4.44. The highest BCUT2D eigenvalue weighted by Crippen LogP contribution is 2.29. The van der Waals surface area contributed by atoms with Crippen molar-refractivity contribution in [2.24, 2.45) is 5.92 Å². The monoisotopic (exact) mass is 378 g/mol. The van der Waals surface area contributed by atoms with E-state index in [1.165, 1.54) is 0 Å². The SMILES string of the molecule is CC[C@H](C)C(=O)Nc1cccc(CNC(=O)c2ccc(C(F)(F)F)cc2)c1. The van der Waals surface area contributed by atoms with Gasteiger partial charge < -0.3 is 10.6 Å². The van der Waals surface area contributed by atoms with Crippen LogP contribution in [0.2, 0.25) is 0 Å². The van der Waals surface area contributed by atoms with Gasteiger partial charge in [-0.25, -0.2) is 0 Å². The van der Waals surface area contributed by atoms with Crippen LogP contribution in [0.25, 0.3) is 0 Å². The van der Waals surface area contributed by atoms with Crippen molar-refractivity contribution in [2.45, 2.75) is 33.0 Å². The Labute approximate surface area is 155 Å². The molecule has 0 fully saturated rings. The Balaban J connectivity index is 1.97. The highest BCUT2D eigenvalue weighted by atomic mass is 19.4. The standard InChI is InChI=1S/C20H21F3N2O2/c1-3-13(2)18(26)25-17-6-4-5-14(11-17)12-24-19(27)15-7-9-16(10-8-15)20(21,22)23/h4-11,13H,3,12H2,1-2H3,(H,24,27)(H,25,26)/t13-/m0/s1. The second-order valence-corrected chi connectivity index (χ2v) is 6.26. The number of nitrogens with one attached hydrogen (secondary N) is 2. The summed E-state index contributed by atoms with van der Waals surface area (Å²) in [5, 5.41) is 5.47. The fourth-order valence-corrected chi connectivity index (χ4v) is 2.30. The van der Waals surface area contributed by atoms with Crippen LogP contribution >= 0.6 is 0 Å². The summed E-state index contributed by atoms with van der Waals surface area (Å²) in [5.41, 5.74) is 0.729. The van der Waals surface area contributed by atoms with E-state index in [1.807, 2.05) is 13.8 Å². The van der Waals surface area contributed by atoms with Gasteiger partial charge in [0, 0.05) is 23.7 Å². The topological polar surface area (TPSA) is 58.2 Å². The molecule has 2 amide bonds. The number of carbonyl (C=O) groups is 2. The van der Waals surface area contributed by atoms with Gasteiger partial charge in [-0.15, -0.1) is 0 Å². The van der Waals surface area contributed by atoms with E-state index >= 15 is 0 Å². The second-order valence-electron chi connectivity index (χ2n) is 6.26. The number of amides is 2. The first kappa shape index (κ1) is 20.5. The number of benzene rings is 2. The molecular weight excluding hydrogens is 357 g/mol. The Morgan fingerprint density at radius 1 is 1.07 bits per heavy atom. The quantitative estimate of drug-likeness (QED) is 0.771. The molecular formula is C20H21F3N2O2. The highest BCUT2D eigenvalue weighted by Gasteiger charge is 2.30. The zero-order valence-electron chi connectivity index (χ0n) is 15.1. The summed E-state index contributed by atoms with van der Waals surface area (Å²) >= 11 is 0. The fraction of sp³-hybridized carbons (Fsp3) is 0.300. The Bertz CT molecular complexity index is 802. The Morgan fingerprint density at radius 2 is 1.74 bits per heavy atom. The van der Waals surface area contributed by atoms with Crippen LogP contribution in [0.4, 0.5) is 18.9 Å². The van der Waals surface area contributed by atoms with Crippen molar-refractivity contribution in [3.8, 4) is 0 Å². The number of hydrogen-bond donors (Lipinski definition) is 2. The lowest BCUT2D eigenvalue weighted by Gasteiger charge is -2.12. The number of anilines is 1. The van der Waals surface area contributed by atoms with Crippen LogP contribution in [0.15, 0.2) is 48.5 Å². The van der Waals surface area contributed by atoms with Crippen LogP contribution in [0.5, 0.6) is 0 Å². The van der Waals surface area contributed by atoms with Gasteiger partial charge in [0.1, 0.15) is 0 Å². The third-order valence-corrected chi connectivity index (χ3v) is 4.18. The van der Waals surface area contributed by atoms with Crippen LogP contribution < -0.4 is 10.6 Å². The summed E-state index contributed by atoms with van der Waals surface area (Å²) in [7, 11) is 0. The summed E-state index contributed by atoms with van der Waals surface area (Å²) < 4.78 is 37.7. The largest absolute Gasteiger partial charge is 0.416 e. The third-order valence-electron chi connectivity index (χ3n) is 4.18. The Hall–Kier alpha value is -2.83. The maximum absolute atomic E-state index is 12.6. The number of rotatable bonds is 6. The van der Waals surface area contributed by atoms with E-state index in [2.05, 4.69) is 10.6 Å². The molecule has 2 N–H and O–H groups in total. The van der Waals surface area contributed by atoms with Crippen molar-refractivity contribution in [3.63, 3.8) is 0 Å². The van der Waals surface area contributed by atoms with Gasteiger partial charge >= 0.3 is 6.18 Å². The van der Waals surface area contributed by atoms with Crippen LogP contribution in [-0.4, -0.2) is 11.8 Å². The molecule has 4 nitrogen and oxygen atoms in total. The minimum absolute atomic E-state index is 0.0801. The summed E-state index contributed by atoms with van der Waals surface area (Å²) in [5.74, 6) is -0.658. The molecule has 0 unspecified atom stereocenters. The molecule has 0 heterocycles. The van der Waals surface area contributed by atoms with E-state index in [0.29, 0.717) is 5.69 Å². The maximum Gasteiger partial charge on any atom is 0.416 e. The number of hydrogen-bond acceptors (Lipinski definition) is 2. The zero-order valence-corrected chi connectivity index (χ0v) is 15.1. The first-order valence-electron chi connectivity index (χ1n) is 8.56. The first-order chi connectivity index (χ1) is 12.7.